The van der Waals surface area contributed by atoms with Gasteiger partial charge in [0, 0.05) is 5.41 Å². The minimum atomic E-state index is -0.815. The number of likely N-dealkylation sites (N-methyl/N-ethyl adjacent to an activating group) is 1. The molecule has 148 valence electrons. The molecular formula is C24H25N3O2. The first-order chi connectivity index (χ1) is 13.9. The third-order valence-electron chi connectivity index (χ3n) is 6.27. The van der Waals surface area contributed by atoms with Crippen LogP contribution in [0.3, 0.4) is 0 Å². The number of rotatable bonds is 7. The summed E-state index contributed by atoms with van der Waals surface area (Å²) in [5.74, 6) is -0.815. The summed E-state index contributed by atoms with van der Waals surface area (Å²) in [6.07, 6.45) is 3.59. The monoisotopic (exact) mass is 387 g/mol. The van der Waals surface area contributed by atoms with Gasteiger partial charge in [-0.25, -0.2) is 0 Å². The molecule has 2 aromatic rings. The first-order valence-electron chi connectivity index (χ1n) is 9.88. The fourth-order valence-electron chi connectivity index (χ4n) is 4.40. The van der Waals surface area contributed by atoms with Gasteiger partial charge in [-0.15, -0.1) is 0 Å². The van der Waals surface area contributed by atoms with Crippen LogP contribution in [-0.2, 0) is 16.6 Å². The number of nitriles is 2. The average Bonchev–Trinajstić information content (AvgIpc) is 3.11. The number of fused-ring (bicyclic) bond motifs is 1. The lowest BCUT2D eigenvalue weighted by Crippen LogP contribution is -2.37. The molecule has 5 heteroatoms. The summed E-state index contributed by atoms with van der Waals surface area (Å²) >= 11 is 0. The van der Waals surface area contributed by atoms with Gasteiger partial charge in [-0.2, -0.15) is 10.5 Å². The van der Waals surface area contributed by atoms with Crippen molar-refractivity contribution in [3.05, 3.63) is 70.3 Å². The smallest absolute Gasteiger partial charge is 0.320 e. The fourth-order valence-corrected chi connectivity index (χ4v) is 4.40. The SMILES string of the molecule is C[C@@H](C(=O)O)N(C)CCCC1(c2ccc(C#N)cc2)CCc2cc(C#N)ccc21. The molecule has 0 radical (unpaired) electrons. The molecule has 0 saturated carbocycles. The number of benzene rings is 2. The Labute approximate surface area is 171 Å². The second-order valence-corrected chi connectivity index (χ2v) is 7.85. The molecule has 0 heterocycles. The molecule has 0 aromatic heterocycles. The molecular weight excluding hydrogens is 362 g/mol. The Kier molecular flexibility index (Phi) is 6.01. The van der Waals surface area contributed by atoms with Crippen molar-refractivity contribution in [1.82, 2.24) is 4.90 Å². The van der Waals surface area contributed by atoms with Crippen molar-refractivity contribution in [2.45, 2.75) is 44.1 Å². The molecule has 5 nitrogen and oxygen atoms in total. The Morgan fingerprint density at radius 1 is 1.17 bits per heavy atom. The van der Waals surface area contributed by atoms with Crippen LogP contribution in [0, 0.1) is 22.7 Å². The number of hydrogen-bond donors (Lipinski definition) is 1. The highest BCUT2D eigenvalue weighted by Gasteiger charge is 2.40. The first-order valence-corrected chi connectivity index (χ1v) is 9.88. The maximum absolute atomic E-state index is 11.2. The molecule has 1 unspecified atom stereocenters. The van der Waals surface area contributed by atoms with Crippen molar-refractivity contribution >= 4 is 5.97 Å². The Morgan fingerprint density at radius 3 is 2.45 bits per heavy atom. The van der Waals surface area contributed by atoms with Crippen molar-refractivity contribution in [2.24, 2.45) is 0 Å². The van der Waals surface area contributed by atoms with Crippen LogP contribution in [0.25, 0.3) is 0 Å². The van der Waals surface area contributed by atoms with E-state index in [1.165, 1.54) is 16.7 Å². The molecule has 1 aliphatic carbocycles. The number of carboxylic acid groups (broad SMARTS) is 1. The molecule has 2 atom stereocenters. The third kappa shape index (κ3) is 4.01. The van der Waals surface area contributed by atoms with E-state index in [1.54, 1.807) is 6.92 Å². The van der Waals surface area contributed by atoms with Crippen LogP contribution in [0.2, 0.25) is 0 Å². The van der Waals surface area contributed by atoms with Gasteiger partial charge >= 0.3 is 5.97 Å². The zero-order chi connectivity index (χ0) is 21.0. The highest BCUT2D eigenvalue weighted by molar-refractivity contribution is 5.72. The molecule has 0 amide bonds. The lowest BCUT2D eigenvalue weighted by molar-refractivity contribution is -0.142. The van der Waals surface area contributed by atoms with Gasteiger partial charge < -0.3 is 5.11 Å². The zero-order valence-electron chi connectivity index (χ0n) is 16.9. The number of aryl methyl sites for hydroxylation is 1. The number of hydrogen-bond acceptors (Lipinski definition) is 4. The van der Waals surface area contributed by atoms with E-state index in [1.807, 2.05) is 48.3 Å². The molecule has 29 heavy (non-hydrogen) atoms. The Hall–Kier alpha value is -3.15. The summed E-state index contributed by atoms with van der Waals surface area (Å²) in [4.78, 5) is 13.1. The highest BCUT2D eigenvalue weighted by Crippen LogP contribution is 2.47. The molecule has 0 fully saturated rings. The molecule has 0 aliphatic heterocycles. The summed E-state index contributed by atoms with van der Waals surface area (Å²) < 4.78 is 0. The molecule has 1 aliphatic rings. The summed E-state index contributed by atoms with van der Waals surface area (Å²) in [7, 11) is 1.84. The minimum Gasteiger partial charge on any atom is -0.480 e. The largest absolute Gasteiger partial charge is 0.480 e. The van der Waals surface area contributed by atoms with Crippen molar-refractivity contribution in [1.29, 1.82) is 10.5 Å². The van der Waals surface area contributed by atoms with E-state index in [4.69, 9.17) is 5.26 Å². The molecule has 1 N–H and O–H groups in total. The van der Waals surface area contributed by atoms with E-state index in [-0.39, 0.29) is 5.41 Å². The van der Waals surface area contributed by atoms with Gasteiger partial charge in [-0.3, -0.25) is 9.69 Å². The van der Waals surface area contributed by atoms with Crippen molar-refractivity contribution in [2.75, 3.05) is 13.6 Å². The summed E-state index contributed by atoms with van der Waals surface area (Å²) in [5, 5.41) is 27.6. The van der Waals surface area contributed by atoms with Gasteiger partial charge in [0.25, 0.3) is 0 Å². The van der Waals surface area contributed by atoms with Crippen LogP contribution in [0.5, 0.6) is 0 Å². The molecule has 0 bridgehead atoms. The quantitative estimate of drug-likeness (QED) is 0.780. The van der Waals surface area contributed by atoms with E-state index in [0.29, 0.717) is 17.7 Å². The summed E-state index contributed by atoms with van der Waals surface area (Å²) in [5.41, 5.74) is 4.76. The maximum atomic E-state index is 11.2. The van der Waals surface area contributed by atoms with Crippen LogP contribution >= 0.6 is 0 Å². The second kappa shape index (κ2) is 8.47. The lowest BCUT2D eigenvalue weighted by Gasteiger charge is -2.33. The predicted octanol–water partition coefficient (Wildman–Crippen LogP) is 3.85. The lowest BCUT2D eigenvalue weighted by atomic mass is 9.72. The van der Waals surface area contributed by atoms with Crippen LogP contribution in [0.4, 0.5) is 0 Å². The second-order valence-electron chi connectivity index (χ2n) is 7.85. The van der Waals surface area contributed by atoms with Crippen LogP contribution in [0.1, 0.15) is 54.0 Å². The summed E-state index contributed by atoms with van der Waals surface area (Å²) in [6, 6.07) is 17.6. The number of carbonyl (C=O) groups is 1. The van der Waals surface area contributed by atoms with Crippen LogP contribution in [-0.4, -0.2) is 35.6 Å². The maximum Gasteiger partial charge on any atom is 0.320 e. The van der Waals surface area contributed by atoms with E-state index >= 15 is 0 Å². The van der Waals surface area contributed by atoms with Crippen molar-refractivity contribution in [3.8, 4) is 12.1 Å². The Morgan fingerprint density at radius 2 is 1.83 bits per heavy atom. The van der Waals surface area contributed by atoms with E-state index < -0.39 is 12.0 Å². The highest BCUT2D eigenvalue weighted by atomic mass is 16.4. The molecule has 2 aromatic carbocycles. The first kappa shape index (κ1) is 20.6. The van der Waals surface area contributed by atoms with Crippen molar-refractivity contribution in [3.63, 3.8) is 0 Å². The molecule has 0 saturated heterocycles. The van der Waals surface area contributed by atoms with Crippen molar-refractivity contribution < 1.29 is 9.90 Å². The van der Waals surface area contributed by atoms with Crippen LogP contribution in [0.15, 0.2) is 42.5 Å². The van der Waals surface area contributed by atoms with Gasteiger partial charge in [0.05, 0.1) is 23.3 Å². The van der Waals surface area contributed by atoms with E-state index in [0.717, 1.165) is 25.7 Å². The minimum absolute atomic E-state index is 0.176. The molecule has 0 spiro atoms. The van der Waals surface area contributed by atoms with E-state index in [9.17, 15) is 15.2 Å². The van der Waals surface area contributed by atoms with Gasteiger partial charge in [0.15, 0.2) is 0 Å². The van der Waals surface area contributed by atoms with Gasteiger partial charge in [-0.05, 0) is 87.2 Å². The fraction of sp³-hybridized carbons (Fsp3) is 0.375. The average molecular weight is 387 g/mol. The zero-order valence-corrected chi connectivity index (χ0v) is 16.9. The topological polar surface area (TPSA) is 88.1 Å². The van der Waals surface area contributed by atoms with Gasteiger partial charge in [-0.1, -0.05) is 18.2 Å². The number of aliphatic carboxylic acids is 1. The number of nitrogens with zero attached hydrogens (tertiary/aromatic N) is 3. The Balaban J connectivity index is 1.91. The predicted molar refractivity (Wildman–Crippen MR) is 110 cm³/mol. The third-order valence-corrected chi connectivity index (χ3v) is 6.27. The van der Waals surface area contributed by atoms with E-state index in [2.05, 4.69) is 18.2 Å². The number of carboxylic acids is 1. The van der Waals surface area contributed by atoms with Gasteiger partial charge in [0.1, 0.15) is 6.04 Å². The Bertz CT molecular complexity index is 985. The standard InChI is InChI=1S/C24H25N3O2/c1-17(23(28)29)27(2)13-3-11-24(21-7-4-18(15-25)5-8-21)12-10-20-14-19(16-26)6-9-22(20)24/h4-9,14,17H,3,10-13H2,1-2H3,(H,28,29)/t17-,24?/m0/s1. The van der Waals surface area contributed by atoms with Crippen LogP contribution < -0.4 is 0 Å². The van der Waals surface area contributed by atoms with Gasteiger partial charge in [0.2, 0.25) is 0 Å². The normalized spacial score (nSPS) is 18.7. The summed E-state index contributed by atoms with van der Waals surface area (Å²) in [6.45, 7) is 2.39. The molecule has 3 rings (SSSR count).